The van der Waals surface area contributed by atoms with Gasteiger partial charge in [-0.2, -0.15) is 0 Å². The molecule has 6 nitrogen and oxygen atoms in total. The Labute approximate surface area is 228 Å². The van der Waals surface area contributed by atoms with Crippen molar-refractivity contribution in [2.75, 3.05) is 13.1 Å². The normalized spacial score (nSPS) is 19.2. The molecule has 8 heteroatoms. The Balaban J connectivity index is 0.000000356. The van der Waals surface area contributed by atoms with E-state index in [-0.39, 0.29) is 33.0 Å². The van der Waals surface area contributed by atoms with Gasteiger partial charge < -0.3 is 26.4 Å². The van der Waals surface area contributed by atoms with Gasteiger partial charge in [-0.25, -0.2) is 4.79 Å². The van der Waals surface area contributed by atoms with Gasteiger partial charge in [-0.15, -0.1) is 0 Å². The van der Waals surface area contributed by atoms with Crippen LogP contribution in [0.4, 0.5) is 4.79 Å². The summed E-state index contributed by atoms with van der Waals surface area (Å²) in [5, 5.41) is 3.36. The van der Waals surface area contributed by atoms with Crippen LogP contribution < -0.4 is 16.8 Å². The lowest BCUT2D eigenvalue weighted by Gasteiger charge is -2.26. The van der Waals surface area contributed by atoms with Crippen LogP contribution in [-0.2, 0) is 17.8 Å². The zero-order valence-corrected chi connectivity index (χ0v) is 22.7. The summed E-state index contributed by atoms with van der Waals surface area (Å²) in [6, 6.07) is 12.5. The van der Waals surface area contributed by atoms with E-state index < -0.39 is 5.60 Å². The molecule has 1 amide bonds. The van der Waals surface area contributed by atoms with Crippen molar-refractivity contribution in [2.24, 2.45) is 11.5 Å². The van der Waals surface area contributed by atoms with Gasteiger partial charge in [-0.3, -0.25) is 0 Å². The summed E-state index contributed by atoms with van der Waals surface area (Å²) in [6.45, 7) is 8.71. The maximum Gasteiger partial charge on any atom is 0.410 e. The van der Waals surface area contributed by atoms with E-state index in [1.807, 2.05) is 39.0 Å². The molecule has 0 bridgehead atoms. The molecule has 2 aromatic carbocycles. The molecule has 0 fully saturated rings. The highest BCUT2D eigenvalue weighted by molar-refractivity contribution is 9.10. The number of nitrogens with one attached hydrogen (secondary N) is 1. The zero-order chi connectivity index (χ0) is 24.2. The van der Waals surface area contributed by atoms with Crippen molar-refractivity contribution in [1.82, 2.24) is 10.2 Å². The van der Waals surface area contributed by atoms with Crippen LogP contribution in [0.15, 0.2) is 45.3 Å². The number of fused-ring (bicyclic) bond motifs is 2. The van der Waals surface area contributed by atoms with Gasteiger partial charge >= 0.3 is 6.09 Å². The van der Waals surface area contributed by atoms with Gasteiger partial charge in [0.25, 0.3) is 0 Å². The lowest BCUT2D eigenvalue weighted by atomic mass is 10.0. The number of rotatable bonds is 0. The van der Waals surface area contributed by atoms with E-state index >= 15 is 0 Å². The number of nitrogens with zero attached hydrogens (tertiary/aromatic N) is 1. The molecule has 5 N–H and O–H groups in total. The minimum atomic E-state index is -0.481. The highest BCUT2D eigenvalue weighted by Crippen LogP contribution is 2.28. The Bertz CT molecular complexity index is 978. The van der Waals surface area contributed by atoms with Gasteiger partial charge in [-0.1, -0.05) is 58.8 Å². The molecule has 0 aliphatic carbocycles. The summed E-state index contributed by atoms with van der Waals surface area (Å²) in [7, 11) is 0. The van der Waals surface area contributed by atoms with Gasteiger partial charge in [0.1, 0.15) is 5.60 Å². The fraction of sp³-hybridized carbons (Fsp3) is 0.519. The van der Waals surface area contributed by atoms with Gasteiger partial charge in [-0.05, 0) is 86.7 Å². The van der Waals surface area contributed by atoms with Gasteiger partial charge in [0.15, 0.2) is 0 Å². The average Bonchev–Trinajstić information content (AvgIpc) is 3.00. The van der Waals surface area contributed by atoms with Gasteiger partial charge in [0, 0.05) is 40.7 Å². The summed E-state index contributed by atoms with van der Waals surface area (Å²) in [5.74, 6) is 0. The third-order valence-electron chi connectivity index (χ3n) is 5.68. The monoisotopic (exact) mass is 612 g/mol. The fourth-order valence-electron chi connectivity index (χ4n) is 4.02. The molecule has 2 atom stereocenters. The molecule has 0 spiro atoms. The molecule has 4 rings (SSSR count). The van der Waals surface area contributed by atoms with Crippen LogP contribution in [-0.4, -0.2) is 29.7 Å². The third-order valence-corrected chi connectivity index (χ3v) is 6.67. The summed E-state index contributed by atoms with van der Waals surface area (Å²) in [5.41, 5.74) is 16.5. The first-order valence-electron chi connectivity index (χ1n) is 11.3. The summed E-state index contributed by atoms with van der Waals surface area (Å²) in [4.78, 5) is 13.9. The highest BCUT2D eigenvalue weighted by atomic mass is 79.9. The molecule has 35 heavy (non-hydrogen) atoms. The predicted octanol–water partition coefficient (Wildman–Crippen LogP) is 6.80. The summed E-state index contributed by atoms with van der Waals surface area (Å²) >= 11 is 6.93. The molecule has 0 aromatic heterocycles. The Hall–Kier alpha value is -1.45. The molecule has 2 unspecified atom stereocenters. The molecule has 0 saturated carbocycles. The topological polar surface area (TPSA) is 93.6 Å². The van der Waals surface area contributed by atoms with Crippen molar-refractivity contribution in [2.45, 2.75) is 79.2 Å². The molecule has 2 aliphatic rings. The Kier molecular flexibility index (Phi) is 12.4. The average molecular weight is 614 g/mol. The number of nitrogens with two attached hydrogens (primary N) is 2. The van der Waals surface area contributed by atoms with Crippen LogP contribution in [0.5, 0.6) is 0 Å². The number of ether oxygens (including phenoxy) is 1. The second-order valence-corrected chi connectivity index (χ2v) is 11.4. The molecular formula is C27H42Br2N4O2. The standard InChI is InChI=1S/C15H21BrN2O2.C10H13BrN2.2CH4/c1-15(2,3)20-14(19)18-7-6-13(17)12-5-4-11(16)8-10(12)9-18;11-8-1-2-9-7(5-8)6-13-4-3-10(9)12;;/h4-5,8,13H,6-7,9,17H2,1-3H3;1-2,5,10,13H,3-4,6,12H2;2*1H4. The van der Waals surface area contributed by atoms with E-state index in [1.165, 1.54) is 11.1 Å². The van der Waals surface area contributed by atoms with Crippen LogP contribution in [0.3, 0.4) is 0 Å². The lowest BCUT2D eigenvalue weighted by Crippen LogP contribution is -2.36. The summed E-state index contributed by atoms with van der Waals surface area (Å²) in [6.07, 6.45) is 1.49. The van der Waals surface area contributed by atoms with E-state index in [1.54, 1.807) is 4.90 Å². The van der Waals surface area contributed by atoms with Crippen LogP contribution in [0, 0.1) is 0 Å². The zero-order valence-electron chi connectivity index (χ0n) is 19.5. The number of carbonyl (C=O) groups excluding carboxylic acids is 1. The molecule has 2 aliphatic heterocycles. The SMILES string of the molecule is C.C.CC(C)(C)OC(=O)N1CCC(N)c2ccc(Br)cc2C1.NC1CCNCc2cc(Br)ccc21. The van der Waals surface area contributed by atoms with Crippen LogP contribution in [0.1, 0.15) is 82.8 Å². The highest BCUT2D eigenvalue weighted by Gasteiger charge is 2.26. The van der Waals surface area contributed by atoms with Crippen LogP contribution >= 0.6 is 31.9 Å². The predicted molar refractivity (Wildman–Crippen MR) is 153 cm³/mol. The number of amides is 1. The van der Waals surface area contributed by atoms with E-state index in [0.29, 0.717) is 13.1 Å². The Morgan fingerprint density at radius 1 is 0.971 bits per heavy atom. The first kappa shape index (κ1) is 31.6. The number of benzene rings is 2. The number of halogens is 2. The second-order valence-electron chi connectivity index (χ2n) is 9.56. The number of hydrogen-bond acceptors (Lipinski definition) is 5. The van der Waals surface area contributed by atoms with Crippen molar-refractivity contribution in [3.63, 3.8) is 0 Å². The molecular weight excluding hydrogens is 572 g/mol. The molecule has 2 aromatic rings. The summed E-state index contributed by atoms with van der Waals surface area (Å²) < 4.78 is 7.57. The molecule has 2 heterocycles. The van der Waals surface area contributed by atoms with Crippen LogP contribution in [0.2, 0.25) is 0 Å². The fourth-order valence-corrected chi connectivity index (χ4v) is 4.83. The van der Waals surface area contributed by atoms with E-state index in [0.717, 1.165) is 46.0 Å². The quantitative estimate of drug-likeness (QED) is 0.304. The molecule has 196 valence electrons. The maximum absolute atomic E-state index is 12.2. The van der Waals surface area contributed by atoms with Crippen LogP contribution in [0.25, 0.3) is 0 Å². The van der Waals surface area contributed by atoms with Gasteiger partial charge in [0.2, 0.25) is 0 Å². The Morgan fingerprint density at radius 3 is 2.11 bits per heavy atom. The van der Waals surface area contributed by atoms with Crippen molar-refractivity contribution >= 4 is 38.0 Å². The largest absolute Gasteiger partial charge is 0.444 e. The van der Waals surface area contributed by atoms with E-state index in [4.69, 9.17) is 16.2 Å². The first-order valence-corrected chi connectivity index (χ1v) is 12.9. The minimum absolute atomic E-state index is 0. The minimum Gasteiger partial charge on any atom is -0.444 e. The van der Waals surface area contributed by atoms with E-state index in [9.17, 15) is 4.79 Å². The third kappa shape index (κ3) is 9.17. The number of hydrogen-bond donors (Lipinski definition) is 3. The smallest absolute Gasteiger partial charge is 0.410 e. The van der Waals surface area contributed by atoms with Crippen molar-refractivity contribution in [3.05, 3.63) is 67.6 Å². The van der Waals surface area contributed by atoms with Crippen molar-refractivity contribution in [3.8, 4) is 0 Å². The first-order chi connectivity index (χ1) is 15.5. The second kappa shape index (κ2) is 13.7. The van der Waals surface area contributed by atoms with Gasteiger partial charge in [0.05, 0.1) is 0 Å². The molecule has 0 saturated heterocycles. The van der Waals surface area contributed by atoms with Crippen molar-refractivity contribution in [1.29, 1.82) is 0 Å². The number of carbonyl (C=O) groups is 1. The van der Waals surface area contributed by atoms with Crippen molar-refractivity contribution < 1.29 is 9.53 Å². The maximum atomic E-state index is 12.2. The van der Waals surface area contributed by atoms with E-state index in [2.05, 4.69) is 55.4 Å². The molecule has 0 radical (unpaired) electrons. The Morgan fingerprint density at radius 2 is 1.51 bits per heavy atom. The lowest BCUT2D eigenvalue weighted by molar-refractivity contribution is 0.0235.